The van der Waals surface area contributed by atoms with E-state index in [4.69, 9.17) is 15.5 Å². The van der Waals surface area contributed by atoms with Crippen molar-refractivity contribution in [3.05, 3.63) is 47.7 Å². The van der Waals surface area contributed by atoms with Gasteiger partial charge in [-0.25, -0.2) is 23.1 Å². The number of carbonyl (C=O) groups is 1. The van der Waals surface area contributed by atoms with Crippen molar-refractivity contribution in [1.82, 2.24) is 9.97 Å². The molecule has 1 aromatic heterocycles. The first-order chi connectivity index (χ1) is 19.6. The Morgan fingerprint density at radius 2 is 2.12 bits per heavy atom. The lowest BCUT2D eigenvalue weighted by Gasteiger charge is -2.49. The number of ether oxygens (including phenoxy) is 2. The molecule has 0 radical (unpaired) electrons. The number of nitrogens with one attached hydrogen (secondary N) is 1. The summed E-state index contributed by atoms with van der Waals surface area (Å²) < 4.78 is 53.5. The summed E-state index contributed by atoms with van der Waals surface area (Å²) in [6.45, 7) is 5.70. The molecule has 12 heteroatoms. The van der Waals surface area contributed by atoms with Gasteiger partial charge < -0.3 is 20.5 Å². The first-order valence-corrected chi connectivity index (χ1v) is 14.9. The highest BCUT2D eigenvalue weighted by molar-refractivity contribution is 8.14. The lowest BCUT2D eigenvalue weighted by Crippen LogP contribution is -2.55. The molecule has 8 nitrogen and oxygen atoms in total. The number of carbonyl (C=O) groups excluding carboxylic acids is 1. The number of hydrogen-bond donors (Lipinski definition) is 2. The summed E-state index contributed by atoms with van der Waals surface area (Å²) >= 11 is 1.65. The van der Waals surface area contributed by atoms with Crippen molar-refractivity contribution in [1.29, 1.82) is 0 Å². The molecule has 1 saturated carbocycles. The Hall–Kier alpha value is -2.70. The van der Waals surface area contributed by atoms with Crippen LogP contribution < -0.4 is 15.8 Å². The zero-order valence-corrected chi connectivity index (χ0v) is 24.2. The predicted octanol–water partition coefficient (Wildman–Crippen LogP) is 5.14. The van der Waals surface area contributed by atoms with Crippen LogP contribution in [0.3, 0.4) is 0 Å². The van der Waals surface area contributed by atoms with E-state index in [1.54, 1.807) is 17.8 Å². The minimum absolute atomic E-state index is 0.00280. The van der Waals surface area contributed by atoms with Gasteiger partial charge in [-0.1, -0.05) is 20.8 Å². The molecule has 3 N–H and O–H groups in total. The smallest absolute Gasteiger partial charge is 0.275 e. The maximum absolute atomic E-state index is 15.7. The predicted molar refractivity (Wildman–Crippen MR) is 152 cm³/mol. The van der Waals surface area contributed by atoms with Crippen molar-refractivity contribution >= 4 is 28.4 Å². The molecule has 41 heavy (non-hydrogen) atoms. The van der Waals surface area contributed by atoms with Crippen LogP contribution >= 0.6 is 11.8 Å². The van der Waals surface area contributed by atoms with Gasteiger partial charge in [-0.15, -0.1) is 11.8 Å². The van der Waals surface area contributed by atoms with Crippen LogP contribution in [0.2, 0.25) is 0 Å². The summed E-state index contributed by atoms with van der Waals surface area (Å²) in [5.41, 5.74) is 6.35. The summed E-state index contributed by atoms with van der Waals surface area (Å²) in [5.74, 6) is -0.597. The second-order valence-electron chi connectivity index (χ2n) is 11.5. The Labute approximate surface area is 242 Å². The number of fused-ring (bicyclic) bond motifs is 1. The number of halogens is 3. The van der Waals surface area contributed by atoms with Crippen molar-refractivity contribution in [2.24, 2.45) is 40.3 Å². The molecular formula is C29H36F3N5O3S. The molecule has 1 aromatic carbocycles. The first kappa shape index (κ1) is 29.8. The standard InChI is InChI=1S/C29H36F3N5O3S/c1-15(2)19-9-22(32)16(3)26(33)25(19)28-37-29(13-39-7-6-17(29)12-41-28)20-8-18(4-5-21(20)31)36-27(38)23-10-35-24(11-34-23)40-14-30/h4-5,8,10-11,15-17,19,22,25-26H,6-7,9,12-14,33H2,1-3H3,(H,36,38)/t16?,17?,19-,22-,25?,26?,29+/m1/s1. The van der Waals surface area contributed by atoms with Gasteiger partial charge >= 0.3 is 0 Å². The number of hydrogen-bond acceptors (Lipinski definition) is 8. The van der Waals surface area contributed by atoms with Gasteiger partial charge in [-0.3, -0.25) is 9.79 Å². The number of rotatable bonds is 7. The minimum Gasteiger partial charge on any atom is -0.445 e. The average Bonchev–Trinajstić information content (AvgIpc) is 2.96. The molecule has 222 valence electrons. The fourth-order valence-corrected chi connectivity index (χ4v) is 7.87. The lowest BCUT2D eigenvalue weighted by molar-refractivity contribution is 0.00200. The van der Waals surface area contributed by atoms with E-state index >= 15 is 4.39 Å². The van der Waals surface area contributed by atoms with Crippen LogP contribution in [0.1, 0.15) is 49.7 Å². The summed E-state index contributed by atoms with van der Waals surface area (Å²) in [6.07, 6.45) is 2.47. The van der Waals surface area contributed by atoms with Crippen molar-refractivity contribution in [2.45, 2.75) is 51.4 Å². The molecule has 2 fully saturated rings. The number of aliphatic imine (C=N–C) groups is 1. The van der Waals surface area contributed by atoms with Crippen LogP contribution in [0.25, 0.3) is 0 Å². The van der Waals surface area contributed by atoms with E-state index in [0.29, 0.717) is 36.5 Å². The number of thioether (sulfide) groups is 1. The highest BCUT2D eigenvalue weighted by atomic mass is 32.2. The maximum atomic E-state index is 15.7. The quantitative estimate of drug-likeness (QED) is 0.458. The van der Waals surface area contributed by atoms with Crippen LogP contribution in [-0.4, -0.2) is 59.0 Å². The molecule has 0 spiro atoms. The number of anilines is 1. The number of alkyl halides is 2. The lowest BCUT2D eigenvalue weighted by atomic mass is 9.66. The average molecular weight is 592 g/mol. The van der Waals surface area contributed by atoms with E-state index in [0.717, 1.165) is 11.2 Å². The number of benzene rings is 1. The Morgan fingerprint density at radius 1 is 1.32 bits per heavy atom. The molecule has 5 rings (SSSR count). The highest BCUT2D eigenvalue weighted by Crippen LogP contribution is 2.50. The van der Waals surface area contributed by atoms with Crippen LogP contribution in [0.5, 0.6) is 5.88 Å². The van der Waals surface area contributed by atoms with Crippen LogP contribution in [-0.2, 0) is 10.3 Å². The molecule has 1 aliphatic carbocycles. The first-order valence-electron chi connectivity index (χ1n) is 14.0. The highest BCUT2D eigenvalue weighted by Gasteiger charge is 2.51. The van der Waals surface area contributed by atoms with Gasteiger partial charge in [0, 0.05) is 47.4 Å². The number of amides is 1. The Balaban J connectivity index is 1.50. The van der Waals surface area contributed by atoms with Gasteiger partial charge in [-0.2, -0.15) is 0 Å². The molecule has 7 atom stereocenters. The van der Waals surface area contributed by atoms with Crippen LogP contribution in [0.15, 0.2) is 35.6 Å². The van der Waals surface area contributed by atoms with Gasteiger partial charge in [0.1, 0.15) is 23.2 Å². The molecule has 1 amide bonds. The molecule has 0 bridgehead atoms. The Bertz CT molecular complexity index is 1280. The van der Waals surface area contributed by atoms with Gasteiger partial charge in [0.25, 0.3) is 5.91 Å². The molecule has 3 aliphatic rings. The van der Waals surface area contributed by atoms with E-state index < -0.39 is 36.3 Å². The van der Waals surface area contributed by atoms with Crippen molar-refractivity contribution in [3.8, 4) is 5.88 Å². The Morgan fingerprint density at radius 3 is 2.83 bits per heavy atom. The third kappa shape index (κ3) is 5.83. The maximum Gasteiger partial charge on any atom is 0.275 e. The number of aromatic nitrogens is 2. The fourth-order valence-electron chi connectivity index (χ4n) is 6.30. The second-order valence-corrected chi connectivity index (χ2v) is 12.5. The summed E-state index contributed by atoms with van der Waals surface area (Å²) in [6, 6.07) is 3.97. The molecule has 2 aromatic rings. The third-order valence-corrected chi connectivity index (χ3v) is 10.0. The SMILES string of the molecule is CC(C)[C@H]1C[C@@H](F)C(C)C(N)C1C1=N[C@@]2(c3cc(NC(=O)c4cnc(OCF)cn4)ccc3F)COCCC2CS1. The fraction of sp³-hybridized carbons (Fsp3) is 0.586. The number of nitrogens with zero attached hydrogens (tertiary/aromatic N) is 3. The summed E-state index contributed by atoms with van der Waals surface area (Å²) in [7, 11) is 0. The molecular weight excluding hydrogens is 555 g/mol. The van der Waals surface area contributed by atoms with Crippen molar-refractivity contribution in [2.75, 3.05) is 31.1 Å². The van der Waals surface area contributed by atoms with Crippen molar-refractivity contribution < 1.29 is 27.4 Å². The topological polar surface area (TPSA) is 112 Å². The van der Waals surface area contributed by atoms with Gasteiger partial charge in [0.2, 0.25) is 12.7 Å². The molecule has 1 saturated heterocycles. The van der Waals surface area contributed by atoms with E-state index in [2.05, 4.69) is 33.9 Å². The van der Waals surface area contributed by atoms with E-state index in [1.807, 2.05) is 6.92 Å². The third-order valence-electron chi connectivity index (χ3n) is 8.80. The molecule has 4 unspecified atom stereocenters. The van der Waals surface area contributed by atoms with Gasteiger partial charge in [-0.05, 0) is 42.9 Å². The Kier molecular flexibility index (Phi) is 8.91. The largest absolute Gasteiger partial charge is 0.445 e. The minimum atomic E-state index is -1.06. The zero-order chi connectivity index (χ0) is 29.3. The monoisotopic (exact) mass is 591 g/mol. The normalized spacial score (nSPS) is 31.8. The van der Waals surface area contributed by atoms with Gasteiger partial charge in [0.15, 0.2) is 0 Å². The van der Waals surface area contributed by atoms with Crippen molar-refractivity contribution in [3.63, 3.8) is 0 Å². The van der Waals surface area contributed by atoms with Gasteiger partial charge in [0.05, 0.1) is 24.0 Å². The zero-order valence-electron chi connectivity index (χ0n) is 23.4. The second kappa shape index (κ2) is 12.3. The van der Waals surface area contributed by atoms with Crippen LogP contribution in [0, 0.1) is 35.4 Å². The van der Waals surface area contributed by atoms with E-state index in [-0.39, 0.29) is 47.8 Å². The van der Waals surface area contributed by atoms with E-state index in [9.17, 15) is 13.6 Å². The molecule has 2 aliphatic heterocycles. The molecule has 3 heterocycles. The van der Waals surface area contributed by atoms with Crippen LogP contribution in [0.4, 0.5) is 18.9 Å². The summed E-state index contributed by atoms with van der Waals surface area (Å²) in [5, 5.41) is 3.57. The number of nitrogens with two attached hydrogens (primary N) is 1. The van der Waals surface area contributed by atoms with E-state index in [1.165, 1.54) is 18.3 Å². The summed E-state index contributed by atoms with van der Waals surface area (Å²) in [4.78, 5) is 26.0.